The second kappa shape index (κ2) is 8.74. The Labute approximate surface area is 263 Å². The molecule has 0 aliphatic carbocycles. The average molecular weight is 585 g/mol. The van der Waals surface area contributed by atoms with Gasteiger partial charge in [-0.1, -0.05) is 109 Å². The van der Waals surface area contributed by atoms with Crippen molar-refractivity contribution in [3.8, 4) is 22.3 Å². The fourth-order valence-corrected chi connectivity index (χ4v) is 7.82. The van der Waals surface area contributed by atoms with Gasteiger partial charge in [-0.05, 0) is 102 Å². The molecule has 9 aromatic carbocycles. The van der Waals surface area contributed by atoms with Crippen LogP contribution < -0.4 is 0 Å². The van der Waals surface area contributed by atoms with E-state index in [-0.39, 0.29) is 0 Å². The van der Waals surface area contributed by atoms with Crippen LogP contribution in [0.4, 0.5) is 0 Å². The van der Waals surface area contributed by atoms with Crippen LogP contribution in [0.15, 0.2) is 154 Å². The van der Waals surface area contributed by atoms with E-state index in [4.69, 9.17) is 8.83 Å². The van der Waals surface area contributed by atoms with Crippen molar-refractivity contribution in [1.29, 1.82) is 0 Å². The third kappa shape index (κ3) is 3.25. The average Bonchev–Trinajstić information content (AvgIpc) is 3.65. The molecule has 0 aliphatic heterocycles. The molecule has 0 N–H and O–H groups in total. The first-order valence-electron chi connectivity index (χ1n) is 15.7. The third-order valence-electron chi connectivity index (χ3n) is 10.0. The Bertz CT molecular complexity index is 3030. The van der Waals surface area contributed by atoms with Crippen LogP contribution in [-0.4, -0.2) is 0 Å². The zero-order chi connectivity index (χ0) is 29.9. The number of fused-ring (bicyclic) bond motifs is 7. The minimum atomic E-state index is 0.878. The highest BCUT2D eigenvalue weighted by molar-refractivity contribution is 6.28. The number of furan rings is 2. The van der Waals surface area contributed by atoms with E-state index < -0.39 is 0 Å². The van der Waals surface area contributed by atoms with Crippen molar-refractivity contribution in [2.24, 2.45) is 0 Å². The van der Waals surface area contributed by atoms with E-state index >= 15 is 0 Å². The number of para-hydroxylation sites is 1. The lowest BCUT2D eigenvalue weighted by Crippen LogP contribution is -1.89. The van der Waals surface area contributed by atoms with Crippen molar-refractivity contribution >= 4 is 87.0 Å². The quantitative estimate of drug-likeness (QED) is 0.189. The highest BCUT2D eigenvalue weighted by Crippen LogP contribution is 2.44. The Morgan fingerprint density at radius 2 is 0.783 bits per heavy atom. The predicted molar refractivity (Wildman–Crippen MR) is 193 cm³/mol. The van der Waals surface area contributed by atoms with Crippen LogP contribution in [0.3, 0.4) is 0 Å². The van der Waals surface area contributed by atoms with Crippen LogP contribution in [0.1, 0.15) is 0 Å². The molecule has 0 bridgehead atoms. The maximum absolute atomic E-state index is 6.52. The van der Waals surface area contributed by atoms with E-state index in [2.05, 4.69) is 127 Å². The summed E-state index contributed by atoms with van der Waals surface area (Å²) in [6.45, 7) is 0. The molecule has 2 aromatic heterocycles. The van der Waals surface area contributed by atoms with Gasteiger partial charge in [-0.2, -0.15) is 0 Å². The monoisotopic (exact) mass is 584 g/mol. The van der Waals surface area contributed by atoms with Crippen molar-refractivity contribution in [2.45, 2.75) is 0 Å². The predicted octanol–water partition coefficient (Wildman–Crippen LogP) is 12.9. The lowest BCUT2D eigenvalue weighted by Gasteiger charge is -2.16. The van der Waals surface area contributed by atoms with E-state index in [1.165, 1.54) is 59.8 Å². The van der Waals surface area contributed by atoms with E-state index in [0.717, 1.165) is 49.4 Å². The molecule has 0 saturated carbocycles. The molecule has 0 aliphatic rings. The maximum atomic E-state index is 6.52. The molecule has 0 atom stereocenters. The number of rotatable bonds is 2. The van der Waals surface area contributed by atoms with Crippen LogP contribution in [-0.2, 0) is 0 Å². The zero-order valence-corrected chi connectivity index (χ0v) is 24.7. The highest BCUT2D eigenvalue weighted by atomic mass is 16.3. The summed E-state index contributed by atoms with van der Waals surface area (Å²) in [5.74, 6) is 0. The van der Waals surface area contributed by atoms with Gasteiger partial charge in [-0.15, -0.1) is 0 Å². The molecule has 2 heterocycles. The summed E-state index contributed by atoms with van der Waals surface area (Å²) in [6.07, 6.45) is 0. The summed E-state index contributed by atoms with van der Waals surface area (Å²) < 4.78 is 12.7. The first kappa shape index (κ1) is 24.2. The first-order chi connectivity index (χ1) is 22.8. The van der Waals surface area contributed by atoms with Gasteiger partial charge in [0, 0.05) is 21.5 Å². The normalized spacial score (nSPS) is 12.3. The third-order valence-corrected chi connectivity index (χ3v) is 10.0. The molecular weight excluding hydrogens is 560 g/mol. The van der Waals surface area contributed by atoms with Gasteiger partial charge in [0.2, 0.25) is 0 Å². The summed E-state index contributed by atoms with van der Waals surface area (Å²) >= 11 is 0. The number of benzene rings is 9. The van der Waals surface area contributed by atoms with Gasteiger partial charge >= 0.3 is 0 Å². The van der Waals surface area contributed by atoms with Crippen molar-refractivity contribution in [1.82, 2.24) is 0 Å². The van der Waals surface area contributed by atoms with Gasteiger partial charge in [0.1, 0.15) is 22.3 Å². The van der Waals surface area contributed by atoms with Gasteiger partial charge in [0.15, 0.2) is 0 Å². The molecule has 11 rings (SSSR count). The molecule has 212 valence electrons. The Morgan fingerprint density at radius 1 is 0.283 bits per heavy atom. The second-order valence-electron chi connectivity index (χ2n) is 12.5. The van der Waals surface area contributed by atoms with Crippen LogP contribution in [0, 0.1) is 0 Å². The minimum absolute atomic E-state index is 0.878. The van der Waals surface area contributed by atoms with E-state index in [9.17, 15) is 0 Å². The number of hydrogen-bond acceptors (Lipinski definition) is 2. The van der Waals surface area contributed by atoms with Gasteiger partial charge in [0.25, 0.3) is 0 Å². The zero-order valence-electron chi connectivity index (χ0n) is 24.7. The van der Waals surface area contributed by atoms with E-state index in [1.54, 1.807) is 0 Å². The molecule has 0 spiro atoms. The fourth-order valence-electron chi connectivity index (χ4n) is 7.82. The van der Waals surface area contributed by atoms with Crippen LogP contribution >= 0.6 is 0 Å². The largest absolute Gasteiger partial charge is 0.456 e. The maximum Gasteiger partial charge on any atom is 0.136 e. The second-order valence-corrected chi connectivity index (χ2v) is 12.5. The van der Waals surface area contributed by atoms with Crippen molar-refractivity contribution in [2.75, 3.05) is 0 Å². The van der Waals surface area contributed by atoms with Gasteiger partial charge < -0.3 is 8.83 Å². The molecule has 0 saturated heterocycles. The van der Waals surface area contributed by atoms with Crippen LogP contribution in [0.2, 0.25) is 0 Å². The SMILES string of the molecule is c1ccc2cc(-c3ccc4ccc5c(-c6ccc7c(c6)oc6cc8c(cc67)oc6ccccc68)ccc6ccc3c4c65)ccc2c1. The summed E-state index contributed by atoms with van der Waals surface area (Å²) in [4.78, 5) is 0. The first-order valence-corrected chi connectivity index (χ1v) is 15.7. The topological polar surface area (TPSA) is 26.3 Å². The Balaban J connectivity index is 1.11. The van der Waals surface area contributed by atoms with Crippen molar-refractivity contribution < 1.29 is 8.83 Å². The standard InChI is InChI=1S/C44H24O2/c1-2-6-28-21-29(10-9-25(28)5-1)31-16-11-26-14-20-36-32(17-12-27-13-19-35(31)43(26)44(27)36)30-15-18-34-38-24-41-37(23-42(38)46-40(34)22-30)33-7-3-4-8-39(33)45-41/h1-24H. The lowest BCUT2D eigenvalue weighted by atomic mass is 9.87. The molecule has 0 fully saturated rings. The lowest BCUT2D eigenvalue weighted by molar-refractivity contribution is 0.664. The molecule has 46 heavy (non-hydrogen) atoms. The summed E-state index contributed by atoms with van der Waals surface area (Å²) in [5.41, 5.74) is 8.41. The van der Waals surface area contributed by atoms with Gasteiger partial charge in [0.05, 0.1) is 0 Å². The Morgan fingerprint density at radius 3 is 1.52 bits per heavy atom. The smallest absolute Gasteiger partial charge is 0.136 e. The molecule has 11 aromatic rings. The molecule has 0 radical (unpaired) electrons. The van der Waals surface area contributed by atoms with Crippen LogP contribution in [0.5, 0.6) is 0 Å². The Hall–Kier alpha value is -6.12. The van der Waals surface area contributed by atoms with Gasteiger partial charge in [-0.25, -0.2) is 0 Å². The van der Waals surface area contributed by atoms with E-state index in [1.807, 2.05) is 18.2 Å². The molecular formula is C44H24O2. The van der Waals surface area contributed by atoms with Crippen LogP contribution in [0.25, 0.3) is 109 Å². The van der Waals surface area contributed by atoms with Gasteiger partial charge in [-0.3, -0.25) is 0 Å². The molecule has 2 heteroatoms. The van der Waals surface area contributed by atoms with Crippen molar-refractivity contribution in [3.63, 3.8) is 0 Å². The van der Waals surface area contributed by atoms with E-state index in [0.29, 0.717) is 0 Å². The van der Waals surface area contributed by atoms with Crippen molar-refractivity contribution in [3.05, 3.63) is 146 Å². The summed E-state index contributed by atoms with van der Waals surface area (Å²) in [6, 6.07) is 52.6. The molecule has 0 amide bonds. The summed E-state index contributed by atoms with van der Waals surface area (Å²) in [7, 11) is 0. The number of hydrogen-bond donors (Lipinski definition) is 0. The molecule has 2 nitrogen and oxygen atoms in total. The molecule has 0 unspecified atom stereocenters. The highest BCUT2D eigenvalue weighted by Gasteiger charge is 2.17. The Kier molecular flexibility index (Phi) is 4.61. The minimum Gasteiger partial charge on any atom is -0.456 e. The summed E-state index contributed by atoms with van der Waals surface area (Å²) in [5, 5.41) is 14.6. The fraction of sp³-hybridized carbons (Fsp3) is 0.